The molecule has 0 unspecified atom stereocenters. The van der Waals surface area contributed by atoms with Crippen molar-refractivity contribution in [2.24, 2.45) is 0 Å². The molecule has 6 heteroatoms. The Balaban J connectivity index is 2.03. The summed E-state index contributed by atoms with van der Waals surface area (Å²) in [5.41, 5.74) is 1.72. The number of hydrogen-bond donors (Lipinski definition) is 1. The summed E-state index contributed by atoms with van der Waals surface area (Å²) in [5.74, 6) is 0.412. The Morgan fingerprint density at radius 2 is 1.81 bits per heavy atom. The lowest BCUT2D eigenvalue weighted by Crippen LogP contribution is -2.42. The van der Waals surface area contributed by atoms with Crippen molar-refractivity contribution >= 4 is 18.0 Å². The summed E-state index contributed by atoms with van der Waals surface area (Å²) in [6.45, 7) is 2.75. The molecule has 2 aromatic carbocycles. The van der Waals surface area contributed by atoms with Gasteiger partial charge < -0.3 is 19.5 Å². The van der Waals surface area contributed by atoms with Crippen LogP contribution in [0, 0.1) is 0 Å². The van der Waals surface area contributed by atoms with Crippen LogP contribution < -0.4 is 14.8 Å². The zero-order valence-electron chi connectivity index (χ0n) is 18.4. The molecule has 0 bridgehead atoms. The van der Waals surface area contributed by atoms with Gasteiger partial charge in [0.2, 0.25) is 5.91 Å². The molecule has 0 aliphatic heterocycles. The van der Waals surface area contributed by atoms with E-state index < -0.39 is 12.0 Å². The van der Waals surface area contributed by atoms with E-state index in [-0.39, 0.29) is 5.91 Å². The van der Waals surface area contributed by atoms with Gasteiger partial charge in [-0.05, 0) is 35.8 Å². The van der Waals surface area contributed by atoms with Crippen molar-refractivity contribution < 1.29 is 23.8 Å². The molecule has 1 atom stereocenters. The smallest absolute Gasteiger partial charge is 0.328 e. The first-order valence-corrected chi connectivity index (χ1v) is 10.5. The van der Waals surface area contributed by atoms with E-state index in [4.69, 9.17) is 14.2 Å². The van der Waals surface area contributed by atoms with Crippen LogP contribution in [-0.4, -0.2) is 38.7 Å². The summed E-state index contributed by atoms with van der Waals surface area (Å²) in [5, 5.41) is 2.72. The molecule has 0 saturated heterocycles. The average molecular weight is 426 g/mol. The van der Waals surface area contributed by atoms with Gasteiger partial charge in [0.05, 0.1) is 20.8 Å². The fourth-order valence-electron chi connectivity index (χ4n) is 3.02. The standard InChI is InChI=1S/C25H31NO5/c1-4-5-9-16-31-23-18-20(12-14-22(23)29-2)13-15-24(27)26-21(25(28)30-3)17-19-10-7-6-8-11-19/h6-8,10-15,18,21H,4-5,9,16-17H2,1-3H3,(H,26,27)/b15-13+/t21-/m0/s1. The zero-order valence-corrected chi connectivity index (χ0v) is 18.4. The molecule has 2 aromatic rings. The lowest BCUT2D eigenvalue weighted by molar-refractivity contribution is -0.144. The van der Waals surface area contributed by atoms with Crippen molar-refractivity contribution in [3.05, 3.63) is 65.7 Å². The van der Waals surface area contributed by atoms with E-state index in [2.05, 4.69) is 12.2 Å². The van der Waals surface area contributed by atoms with Crippen molar-refractivity contribution in [1.82, 2.24) is 5.32 Å². The maximum Gasteiger partial charge on any atom is 0.328 e. The predicted molar refractivity (Wildman–Crippen MR) is 121 cm³/mol. The molecule has 166 valence electrons. The molecular weight excluding hydrogens is 394 g/mol. The fourth-order valence-corrected chi connectivity index (χ4v) is 3.02. The second kappa shape index (κ2) is 13.1. The normalized spacial score (nSPS) is 11.7. The van der Waals surface area contributed by atoms with Crippen LogP contribution >= 0.6 is 0 Å². The summed E-state index contributed by atoms with van der Waals surface area (Å²) >= 11 is 0. The fraction of sp³-hybridized carbons (Fsp3) is 0.360. The third kappa shape index (κ3) is 8.16. The minimum atomic E-state index is -0.766. The first-order valence-electron chi connectivity index (χ1n) is 10.5. The van der Waals surface area contributed by atoms with E-state index in [0.29, 0.717) is 24.5 Å². The van der Waals surface area contributed by atoms with Gasteiger partial charge >= 0.3 is 5.97 Å². The van der Waals surface area contributed by atoms with E-state index in [9.17, 15) is 9.59 Å². The Hall–Kier alpha value is -3.28. The summed E-state index contributed by atoms with van der Waals surface area (Å²) in [7, 11) is 2.90. The van der Waals surface area contributed by atoms with Gasteiger partial charge in [0.1, 0.15) is 6.04 Å². The van der Waals surface area contributed by atoms with Crippen molar-refractivity contribution in [1.29, 1.82) is 0 Å². The van der Waals surface area contributed by atoms with E-state index in [0.717, 1.165) is 30.4 Å². The molecule has 31 heavy (non-hydrogen) atoms. The number of rotatable bonds is 12. The monoisotopic (exact) mass is 425 g/mol. The van der Waals surface area contributed by atoms with E-state index in [1.54, 1.807) is 19.3 Å². The number of hydrogen-bond acceptors (Lipinski definition) is 5. The van der Waals surface area contributed by atoms with Crippen molar-refractivity contribution in [3.63, 3.8) is 0 Å². The van der Waals surface area contributed by atoms with Crippen LogP contribution in [0.3, 0.4) is 0 Å². The maximum absolute atomic E-state index is 12.4. The number of benzene rings is 2. The molecule has 1 amide bonds. The molecule has 0 aromatic heterocycles. The summed E-state index contributed by atoms with van der Waals surface area (Å²) in [6.07, 6.45) is 6.61. The predicted octanol–water partition coefficient (Wildman–Crippen LogP) is 4.18. The Morgan fingerprint density at radius 3 is 2.48 bits per heavy atom. The summed E-state index contributed by atoms with van der Waals surface area (Å²) in [6, 6.07) is 14.2. The lowest BCUT2D eigenvalue weighted by atomic mass is 10.1. The highest BCUT2D eigenvalue weighted by Crippen LogP contribution is 2.28. The van der Waals surface area contributed by atoms with Gasteiger partial charge in [-0.2, -0.15) is 0 Å². The first-order chi connectivity index (χ1) is 15.1. The van der Waals surface area contributed by atoms with Crippen LogP contribution in [0.5, 0.6) is 11.5 Å². The molecule has 1 N–H and O–H groups in total. The molecule has 0 radical (unpaired) electrons. The highest BCUT2D eigenvalue weighted by Gasteiger charge is 2.21. The second-order valence-electron chi connectivity index (χ2n) is 7.07. The molecular formula is C25H31NO5. The second-order valence-corrected chi connectivity index (χ2v) is 7.07. The SMILES string of the molecule is CCCCCOc1cc(/C=C/C(=O)N[C@@H](Cc2ccccc2)C(=O)OC)ccc1OC. The minimum Gasteiger partial charge on any atom is -0.493 e. The van der Waals surface area contributed by atoms with Crippen LogP contribution in [0.25, 0.3) is 6.08 Å². The van der Waals surface area contributed by atoms with Gasteiger partial charge in [-0.3, -0.25) is 4.79 Å². The van der Waals surface area contributed by atoms with Crippen LogP contribution in [0.2, 0.25) is 0 Å². The van der Waals surface area contributed by atoms with Gasteiger partial charge in [-0.25, -0.2) is 4.79 Å². The maximum atomic E-state index is 12.4. The number of carbonyl (C=O) groups excluding carboxylic acids is 2. The molecule has 0 saturated carbocycles. The van der Waals surface area contributed by atoms with Crippen LogP contribution in [-0.2, 0) is 20.7 Å². The Kier molecular flexibility index (Phi) is 10.1. The van der Waals surface area contributed by atoms with Crippen molar-refractivity contribution in [2.45, 2.75) is 38.6 Å². The largest absolute Gasteiger partial charge is 0.493 e. The van der Waals surface area contributed by atoms with Gasteiger partial charge in [0.25, 0.3) is 0 Å². The highest BCUT2D eigenvalue weighted by molar-refractivity contribution is 5.94. The highest BCUT2D eigenvalue weighted by atomic mass is 16.5. The molecule has 0 fully saturated rings. The van der Waals surface area contributed by atoms with E-state index in [1.165, 1.54) is 13.2 Å². The number of carbonyl (C=O) groups is 2. The van der Waals surface area contributed by atoms with Gasteiger partial charge in [-0.1, -0.05) is 56.2 Å². The van der Waals surface area contributed by atoms with Crippen molar-refractivity contribution in [2.75, 3.05) is 20.8 Å². The average Bonchev–Trinajstić information content (AvgIpc) is 2.80. The van der Waals surface area contributed by atoms with Crippen LogP contribution in [0.15, 0.2) is 54.6 Å². The molecule has 0 aliphatic carbocycles. The topological polar surface area (TPSA) is 73.9 Å². The molecule has 0 spiro atoms. The quantitative estimate of drug-likeness (QED) is 0.314. The van der Waals surface area contributed by atoms with Gasteiger partial charge in [-0.15, -0.1) is 0 Å². The Labute approximate surface area is 184 Å². The third-order valence-electron chi connectivity index (χ3n) is 4.71. The molecule has 0 heterocycles. The number of ether oxygens (including phenoxy) is 3. The lowest BCUT2D eigenvalue weighted by Gasteiger charge is -2.15. The summed E-state index contributed by atoms with van der Waals surface area (Å²) in [4.78, 5) is 24.5. The number of nitrogens with one attached hydrogen (secondary N) is 1. The Morgan fingerprint density at radius 1 is 1.03 bits per heavy atom. The van der Waals surface area contributed by atoms with E-state index in [1.807, 2.05) is 42.5 Å². The molecule has 2 rings (SSSR count). The zero-order chi connectivity index (χ0) is 22.5. The number of unbranched alkanes of at least 4 members (excludes halogenated alkanes) is 2. The number of esters is 1. The number of amides is 1. The van der Waals surface area contributed by atoms with E-state index >= 15 is 0 Å². The van der Waals surface area contributed by atoms with Crippen LogP contribution in [0.1, 0.15) is 37.3 Å². The first kappa shape index (κ1) is 24.0. The summed E-state index contributed by atoms with van der Waals surface area (Å²) < 4.78 is 16.0. The van der Waals surface area contributed by atoms with Crippen LogP contribution in [0.4, 0.5) is 0 Å². The minimum absolute atomic E-state index is 0.353. The Bertz CT molecular complexity index is 863. The molecule has 6 nitrogen and oxygen atoms in total. The third-order valence-corrected chi connectivity index (χ3v) is 4.71. The van der Waals surface area contributed by atoms with Gasteiger partial charge in [0.15, 0.2) is 11.5 Å². The number of methoxy groups -OCH3 is 2. The van der Waals surface area contributed by atoms with Crippen molar-refractivity contribution in [3.8, 4) is 11.5 Å². The molecule has 0 aliphatic rings. The van der Waals surface area contributed by atoms with Gasteiger partial charge in [0, 0.05) is 12.5 Å².